The maximum Gasteiger partial charge on any atom is 0.307 e. The van der Waals surface area contributed by atoms with Crippen molar-refractivity contribution < 1.29 is 20.1 Å². The Morgan fingerprint density at radius 2 is 1.43 bits per heavy atom. The number of aliphatic carboxylic acids is 1. The van der Waals surface area contributed by atoms with Crippen LogP contribution in [0.4, 0.5) is 0 Å². The SMILES string of the molecule is O=C(O)Cc1ccccc1CCN1C(O)c2ccccc2C1O. The van der Waals surface area contributed by atoms with Gasteiger partial charge in [-0.2, -0.15) is 0 Å². The van der Waals surface area contributed by atoms with Crippen LogP contribution in [-0.4, -0.2) is 32.7 Å². The third-order valence-electron chi connectivity index (χ3n) is 4.28. The smallest absolute Gasteiger partial charge is 0.307 e. The highest BCUT2D eigenvalue weighted by atomic mass is 16.4. The predicted octanol–water partition coefficient (Wildman–Crippen LogP) is 1.85. The van der Waals surface area contributed by atoms with E-state index in [2.05, 4.69) is 0 Å². The van der Waals surface area contributed by atoms with Crippen molar-refractivity contribution in [1.82, 2.24) is 4.90 Å². The monoisotopic (exact) mass is 313 g/mol. The molecule has 0 radical (unpaired) electrons. The van der Waals surface area contributed by atoms with Gasteiger partial charge in [0.15, 0.2) is 0 Å². The van der Waals surface area contributed by atoms with E-state index in [0.29, 0.717) is 13.0 Å². The Morgan fingerprint density at radius 3 is 2.00 bits per heavy atom. The second-order valence-electron chi connectivity index (χ2n) is 5.70. The van der Waals surface area contributed by atoms with E-state index in [-0.39, 0.29) is 6.42 Å². The Morgan fingerprint density at radius 1 is 0.913 bits per heavy atom. The maximum atomic E-state index is 10.9. The van der Waals surface area contributed by atoms with Crippen LogP contribution in [-0.2, 0) is 17.6 Å². The lowest BCUT2D eigenvalue weighted by Gasteiger charge is -2.24. The van der Waals surface area contributed by atoms with E-state index < -0.39 is 18.4 Å². The summed E-state index contributed by atoms with van der Waals surface area (Å²) in [5.41, 5.74) is 3.13. The molecule has 1 heterocycles. The molecule has 0 fully saturated rings. The number of aliphatic hydroxyl groups excluding tert-OH is 2. The number of carboxylic acids is 1. The van der Waals surface area contributed by atoms with Crippen LogP contribution in [0.15, 0.2) is 48.5 Å². The van der Waals surface area contributed by atoms with Crippen molar-refractivity contribution in [2.75, 3.05) is 6.54 Å². The standard InChI is InChI=1S/C18H19NO4/c20-16(21)11-13-6-2-1-5-12(13)9-10-19-17(22)14-7-3-4-8-15(14)18(19)23/h1-8,17-18,22-23H,9-11H2,(H,20,21). The fourth-order valence-corrected chi connectivity index (χ4v) is 3.10. The molecule has 0 saturated carbocycles. The molecule has 120 valence electrons. The number of benzene rings is 2. The first-order valence-corrected chi connectivity index (χ1v) is 7.57. The van der Waals surface area contributed by atoms with Crippen LogP contribution in [0.3, 0.4) is 0 Å². The Bertz CT molecular complexity index is 687. The van der Waals surface area contributed by atoms with Crippen molar-refractivity contribution in [3.63, 3.8) is 0 Å². The first-order chi connectivity index (χ1) is 11.1. The van der Waals surface area contributed by atoms with Gasteiger partial charge < -0.3 is 15.3 Å². The molecule has 0 saturated heterocycles. The molecule has 23 heavy (non-hydrogen) atoms. The van der Waals surface area contributed by atoms with E-state index in [1.807, 2.05) is 42.5 Å². The molecule has 2 unspecified atom stereocenters. The summed E-state index contributed by atoms with van der Waals surface area (Å²) in [7, 11) is 0. The Labute approximate surface area is 134 Å². The summed E-state index contributed by atoms with van der Waals surface area (Å²) in [6.07, 6.45) is -1.15. The lowest BCUT2D eigenvalue weighted by atomic mass is 10.0. The van der Waals surface area contributed by atoms with E-state index in [0.717, 1.165) is 22.3 Å². The van der Waals surface area contributed by atoms with E-state index in [4.69, 9.17) is 5.11 Å². The highest BCUT2D eigenvalue weighted by Gasteiger charge is 2.35. The van der Waals surface area contributed by atoms with Crippen LogP contribution in [0.1, 0.15) is 34.7 Å². The van der Waals surface area contributed by atoms with Crippen molar-refractivity contribution in [1.29, 1.82) is 0 Å². The van der Waals surface area contributed by atoms with E-state index in [1.54, 1.807) is 11.0 Å². The van der Waals surface area contributed by atoms with Crippen molar-refractivity contribution in [2.45, 2.75) is 25.3 Å². The maximum absolute atomic E-state index is 10.9. The van der Waals surface area contributed by atoms with E-state index in [9.17, 15) is 15.0 Å². The van der Waals surface area contributed by atoms with Gasteiger partial charge in [0.25, 0.3) is 0 Å². The average Bonchev–Trinajstić information content (AvgIpc) is 2.78. The van der Waals surface area contributed by atoms with Gasteiger partial charge in [0.05, 0.1) is 6.42 Å². The van der Waals surface area contributed by atoms with Crippen LogP contribution in [0, 0.1) is 0 Å². The summed E-state index contributed by atoms with van der Waals surface area (Å²) in [6, 6.07) is 14.7. The van der Waals surface area contributed by atoms with Gasteiger partial charge in [0.2, 0.25) is 0 Å². The third kappa shape index (κ3) is 3.12. The number of rotatable bonds is 5. The average molecular weight is 313 g/mol. The number of hydrogen-bond donors (Lipinski definition) is 3. The molecule has 1 aliphatic rings. The van der Waals surface area contributed by atoms with Crippen molar-refractivity contribution in [3.05, 3.63) is 70.8 Å². The number of hydrogen-bond acceptors (Lipinski definition) is 4. The topological polar surface area (TPSA) is 81.0 Å². The fraction of sp³-hybridized carbons (Fsp3) is 0.278. The van der Waals surface area contributed by atoms with Gasteiger partial charge in [0, 0.05) is 17.7 Å². The van der Waals surface area contributed by atoms with Gasteiger partial charge in [-0.05, 0) is 17.5 Å². The molecule has 2 aromatic carbocycles. The van der Waals surface area contributed by atoms with Gasteiger partial charge in [-0.15, -0.1) is 0 Å². The Balaban J connectivity index is 1.74. The van der Waals surface area contributed by atoms with Crippen molar-refractivity contribution >= 4 is 5.97 Å². The van der Waals surface area contributed by atoms with Gasteiger partial charge in [-0.3, -0.25) is 4.79 Å². The minimum Gasteiger partial charge on any atom is -0.481 e. The highest BCUT2D eigenvalue weighted by Crippen LogP contribution is 2.38. The van der Waals surface area contributed by atoms with Crippen molar-refractivity contribution in [2.24, 2.45) is 0 Å². The second-order valence-corrected chi connectivity index (χ2v) is 5.70. The zero-order valence-electron chi connectivity index (χ0n) is 12.6. The molecular weight excluding hydrogens is 294 g/mol. The van der Waals surface area contributed by atoms with Crippen LogP contribution < -0.4 is 0 Å². The molecule has 2 aromatic rings. The summed E-state index contributed by atoms with van der Waals surface area (Å²) in [4.78, 5) is 12.6. The summed E-state index contributed by atoms with van der Waals surface area (Å²) >= 11 is 0. The third-order valence-corrected chi connectivity index (χ3v) is 4.28. The quantitative estimate of drug-likeness (QED) is 0.785. The Hall–Kier alpha value is -2.21. The largest absolute Gasteiger partial charge is 0.481 e. The van der Waals surface area contributed by atoms with Crippen LogP contribution >= 0.6 is 0 Å². The molecule has 3 N–H and O–H groups in total. The number of carbonyl (C=O) groups is 1. The minimum absolute atomic E-state index is 0.0263. The van der Waals surface area contributed by atoms with Crippen molar-refractivity contribution in [3.8, 4) is 0 Å². The molecule has 0 amide bonds. The second kappa shape index (κ2) is 6.50. The molecule has 5 heteroatoms. The molecule has 0 bridgehead atoms. The lowest BCUT2D eigenvalue weighted by Crippen LogP contribution is -2.28. The summed E-state index contributed by atoms with van der Waals surface area (Å²) in [6.45, 7) is 0.438. The Kier molecular flexibility index (Phi) is 4.43. The summed E-state index contributed by atoms with van der Waals surface area (Å²) in [5, 5.41) is 29.7. The molecule has 0 aromatic heterocycles. The normalized spacial score (nSPS) is 20.4. The van der Waals surface area contributed by atoms with Gasteiger partial charge in [0.1, 0.15) is 12.5 Å². The van der Waals surface area contributed by atoms with E-state index in [1.165, 1.54) is 0 Å². The molecule has 0 spiro atoms. The first kappa shape index (κ1) is 15.7. The number of nitrogens with zero attached hydrogens (tertiary/aromatic N) is 1. The summed E-state index contributed by atoms with van der Waals surface area (Å²) in [5.74, 6) is -0.869. The van der Waals surface area contributed by atoms with Gasteiger partial charge >= 0.3 is 5.97 Å². The molecule has 0 aliphatic carbocycles. The minimum atomic E-state index is -0.869. The number of fused-ring (bicyclic) bond motifs is 1. The number of aliphatic hydroxyl groups is 2. The summed E-state index contributed by atoms with van der Waals surface area (Å²) < 4.78 is 0. The first-order valence-electron chi connectivity index (χ1n) is 7.57. The zero-order valence-corrected chi connectivity index (χ0v) is 12.6. The van der Waals surface area contributed by atoms with Crippen LogP contribution in [0.5, 0.6) is 0 Å². The van der Waals surface area contributed by atoms with Gasteiger partial charge in [-0.25, -0.2) is 4.90 Å². The predicted molar refractivity (Wildman–Crippen MR) is 84.6 cm³/mol. The van der Waals surface area contributed by atoms with Crippen LogP contribution in [0.2, 0.25) is 0 Å². The number of carboxylic acid groups (broad SMARTS) is 1. The fourth-order valence-electron chi connectivity index (χ4n) is 3.10. The van der Waals surface area contributed by atoms with Gasteiger partial charge in [-0.1, -0.05) is 48.5 Å². The molecule has 1 aliphatic heterocycles. The molecule has 2 atom stereocenters. The van der Waals surface area contributed by atoms with E-state index >= 15 is 0 Å². The molecular formula is C18H19NO4. The zero-order chi connectivity index (χ0) is 16.4. The highest BCUT2D eigenvalue weighted by molar-refractivity contribution is 5.70. The molecule has 5 nitrogen and oxygen atoms in total. The molecule has 3 rings (SSSR count). The van der Waals surface area contributed by atoms with Crippen LogP contribution in [0.25, 0.3) is 0 Å². The lowest BCUT2D eigenvalue weighted by molar-refractivity contribution is -0.136.